The summed E-state index contributed by atoms with van der Waals surface area (Å²) in [5, 5.41) is 16.7. The second kappa shape index (κ2) is 17.7. The number of nitrogens with zero attached hydrogens (tertiary/aromatic N) is 1. The van der Waals surface area contributed by atoms with Gasteiger partial charge in [0, 0.05) is 18.7 Å². The van der Waals surface area contributed by atoms with Gasteiger partial charge in [-0.05, 0) is 37.7 Å². The Kier molecular flexibility index (Phi) is 16.3. The van der Waals surface area contributed by atoms with Crippen molar-refractivity contribution in [1.82, 2.24) is 16.0 Å². The van der Waals surface area contributed by atoms with Crippen molar-refractivity contribution >= 4 is 59.9 Å². The number of hydrogen-bond acceptors (Lipinski definition) is 9. The Bertz CT molecular complexity index is 766. The second-order valence-electron chi connectivity index (χ2n) is 7.55. The second-order valence-corrected chi connectivity index (χ2v) is 8.90. The molecule has 200 valence electrons. The molecule has 4 atom stereocenters. The highest BCUT2D eigenvalue weighted by molar-refractivity contribution is 7.98. The number of aliphatic carboxylic acids is 1. The van der Waals surface area contributed by atoms with E-state index in [4.69, 9.17) is 22.9 Å². The third kappa shape index (κ3) is 14.3. The van der Waals surface area contributed by atoms with E-state index in [1.807, 2.05) is 0 Å². The number of hydrogen-bond donors (Lipinski definition) is 9. The zero-order valence-electron chi connectivity index (χ0n) is 19.6. The van der Waals surface area contributed by atoms with Gasteiger partial charge in [-0.15, -0.1) is 0 Å². The number of carbonyl (C=O) groups is 5. The number of carboxylic acid groups (broad SMARTS) is 1. The Morgan fingerprint density at radius 2 is 1.49 bits per heavy atom. The van der Waals surface area contributed by atoms with Crippen molar-refractivity contribution in [2.75, 3.05) is 24.3 Å². The normalized spacial score (nSPS) is 14.0. The lowest BCUT2D eigenvalue weighted by Crippen LogP contribution is -2.57. The first-order chi connectivity index (χ1) is 16.4. The minimum absolute atomic E-state index is 0.00940. The average molecular weight is 537 g/mol. The van der Waals surface area contributed by atoms with Gasteiger partial charge in [-0.1, -0.05) is 0 Å². The van der Waals surface area contributed by atoms with E-state index in [0.29, 0.717) is 12.2 Å². The highest BCUT2D eigenvalue weighted by Crippen LogP contribution is 2.05. The van der Waals surface area contributed by atoms with Gasteiger partial charge in [-0.2, -0.15) is 24.4 Å². The van der Waals surface area contributed by atoms with E-state index in [2.05, 4.69) is 33.6 Å². The van der Waals surface area contributed by atoms with E-state index in [9.17, 15) is 29.1 Å². The molecule has 12 N–H and O–H groups in total. The lowest BCUT2D eigenvalue weighted by molar-refractivity contribution is -0.142. The standard InChI is InChI=1S/C19H36N8O6S2/c1-35-8-6-12(18(32)33)26-16(30)11(3-2-7-24-19(22)23)25-17(31)13(9-34)27-15(29)10(20)4-5-14(21)28/h10-13,34H,2-9,20H2,1H3,(H2,21,28)(H,25,31)(H,26,30)(H,27,29)(H,32,33)(H4,22,23,24). The zero-order valence-corrected chi connectivity index (χ0v) is 21.3. The Hall–Kier alpha value is -2.72. The lowest BCUT2D eigenvalue weighted by Gasteiger charge is -2.24. The minimum Gasteiger partial charge on any atom is -0.480 e. The van der Waals surface area contributed by atoms with Gasteiger partial charge in [0.15, 0.2) is 5.96 Å². The van der Waals surface area contributed by atoms with Crippen molar-refractivity contribution < 1.29 is 29.1 Å². The molecule has 0 heterocycles. The van der Waals surface area contributed by atoms with Gasteiger partial charge in [0.25, 0.3) is 0 Å². The van der Waals surface area contributed by atoms with Crippen molar-refractivity contribution in [2.24, 2.45) is 27.9 Å². The molecule has 0 fully saturated rings. The maximum Gasteiger partial charge on any atom is 0.326 e. The molecule has 35 heavy (non-hydrogen) atoms. The predicted octanol–water partition coefficient (Wildman–Crippen LogP) is -3.15. The van der Waals surface area contributed by atoms with Crippen molar-refractivity contribution in [3.63, 3.8) is 0 Å². The quantitative estimate of drug-likeness (QED) is 0.0368. The molecule has 0 rings (SSSR count). The van der Waals surface area contributed by atoms with Gasteiger partial charge >= 0.3 is 5.97 Å². The van der Waals surface area contributed by atoms with Gasteiger partial charge < -0.3 is 44.0 Å². The fourth-order valence-corrected chi connectivity index (χ4v) is 3.44. The summed E-state index contributed by atoms with van der Waals surface area (Å²) in [5.74, 6) is -3.71. The Morgan fingerprint density at radius 1 is 0.914 bits per heavy atom. The first-order valence-corrected chi connectivity index (χ1v) is 12.8. The molecule has 0 saturated heterocycles. The molecular formula is C19H36N8O6S2. The van der Waals surface area contributed by atoms with Crippen LogP contribution in [-0.2, 0) is 24.0 Å². The van der Waals surface area contributed by atoms with E-state index < -0.39 is 53.8 Å². The molecule has 0 aromatic carbocycles. The molecule has 0 aromatic heterocycles. The smallest absolute Gasteiger partial charge is 0.326 e. The number of thioether (sulfide) groups is 1. The number of thiol groups is 1. The van der Waals surface area contributed by atoms with Crippen LogP contribution in [0, 0.1) is 0 Å². The number of guanidine groups is 1. The maximum absolute atomic E-state index is 12.8. The van der Waals surface area contributed by atoms with Crippen LogP contribution in [0.1, 0.15) is 32.1 Å². The molecule has 4 amide bonds. The van der Waals surface area contributed by atoms with Gasteiger partial charge in [0.05, 0.1) is 6.04 Å². The van der Waals surface area contributed by atoms with Crippen molar-refractivity contribution in [3.8, 4) is 0 Å². The third-order valence-electron chi connectivity index (χ3n) is 4.66. The summed E-state index contributed by atoms with van der Waals surface area (Å²) in [7, 11) is 0. The number of primary amides is 1. The van der Waals surface area contributed by atoms with Crippen LogP contribution in [0.2, 0.25) is 0 Å². The monoisotopic (exact) mass is 536 g/mol. The molecule has 14 nitrogen and oxygen atoms in total. The molecule has 0 aliphatic carbocycles. The molecule has 0 spiro atoms. The average Bonchev–Trinajstić information content (AvgIpc) is 2.79. The van der Waals surface area contributed by atoms with E-state index in [-0.39, 0.29) is 43.9 Å². The minimum atomic E-state index is -1.21. The SMILES string of the molecule is CSCCC(NC(=O)C(CCCN=C(N)N)NC(=O)C(CS)NC(=O)C(N)CCC(N)=O)C(=O)O. The Balaban J connectivity index is 5.34. The summed E-state index contributed by atoms with van der Waals surface area (Å²) in [6, 6.07) is -4.50. The number of rotatable bonds is 18. The first kappa shape index (κ1) is 32.3. The first-order valence-electron chi connectivity index (χ1n) is 10.8. The van der Waals surface area contributed by atoms with Crippen LogP contribution in [0.25, 0.3) is 0 Å². The fourth-order valence-electron chi connectivity index (χ4n) is 2.71. The van der Waals surface area contributed by atoms with E-state index in [1.165, 1.54) is 11.8 Å². The number of carboxylic acids is 1. The number of aliphatic imine (C=N–C) groups is 1. The predicted molar refractivity (Wildman–Crippen MR) is 137 cm³/mol. The van der Waals surface area contributed by atoms with Crippen LogP contribution in [0.4, 0.5) is 0 Å². The maximum atomic E-state index is 12.8. The number of nitrogens with one attached hydrogen (secondary N) is 3. The molecule has 0 aromatic rings. The Morgan fingerprint density at radius 3 is 2.00 bits per heavy atom. The molecule has 0 saturated carbocycles. The fraction of sp³-hybridized carbons (Fsp3) is 0.684. The number of carbonyl (C=O) groups excluding carboxylic acids is 4. The molecule has 0 radical (unpaired) electrons. The lowest BCUT2D eigenvalue weighted by atomic mass is 10.1. The molecule has 0 aliphatic heterocycles. The number of nitrogens with two attached hydrogens (primary N) is 4. The molecule has 0 bridgehead atoms. The molecule has 4 unspecified atom stereocenters. The Labute approximate surface area is 213 Å². The summed E-state index contributed by atoms with van der Waals surface area (Å²) in [5.41, 5.74) is 21.3. The van der Waals surface area contributed by atoms with Crippen molar-refractivity contribution in [3.05, 3.63) is 0 Å². The van der Waals surface area contributed by atoms with Crippen LogP contribution in [0.5, 0.6) is 0 Å². The van der Waals surface area contributed by atoms with E-state index in [0.717, 1.165) is 0 Å². The van der Waals surface area contributed by atoms with Crippen LogP contribution in [0.3, 0.4) is 0 Å². The highest BCUT2D eigenvalue weighted by Gasteiger charge is 2.29. The highest BCUT2D eigenvalue weighted by atomic mass is 32.2. The summed E-state index contributed by atoms with van der Waals surface area (Å²) in [4.78, 5) is 64.1. The van der Waals surface area contributed by atoms with Gasteiger partial charge in [0.2, 0.25) is 23.6 Å². The van der Waals surface area contributed by atoms with Crippen molar-refractivity contribution in [2.45, 2.75) is 56.3 Å². The zero-order chi connectivity index (χ0) is 27.0. The summed E-state index contributed by atoms with van der Waals surface area (Å²) >= 11 is 5.49. The largest absolute Gasteiger partial charge is 0.480 e. The molecule has 0 aliphatic rings. The van der Waals surface area contributed by atoms with Crippen LogP contribution in [-0.4, -0.2) is 89.1 Å². The number of amides is 4. The van der Waals surface area contributed by atoms with Crippen LogP contribution < -0.4 is 38.9 Å². The van der Waals surface area contributed by atoms with Crippen LogP contribution in [0.15, 0.2) is 4.99 Å². The van der Waals surface area contributed by atoms with E-state index >= 15 is 0 Å². The van der Waals surface area contributed by atoms with Gasteiger partial charge in [-0.25, -0.2) is 4.79 Å². The molecule has 16 heteroatoms. The van der Waals surface area contributed by atoms with Gasteiger partial charge in [0.1, 0.15) is 18.1 Å². The summed E-state index contributed by atoms with van der Waals surface area (Å²) < 4.78 is 0. The third-order valence-corrected chi connectivity index (χ3v) is 5.67. The van der Waals surface area contributed by atoms with Crippen LogP contribution >= 0.6 is 24.4 Å². The van der Waals surface area contributed by atoms with Gasteiger partial charge in [-0.3, -0.25) is 24.2 Å². The summed E-state index contributed by atoms with van der Waals surface area (Å²) in [6.45, 7) is 0.179. The summed E-state index contributed by atoms with van der Waals surface area (Å²) in [6.07, 6.45) is 2.27. The van der Waals surface area contributed by atoms with Crippen molar-refractivity contribution in [1.29, 1.82) is 0 Å². The topological polar surface area (TPSA) is 258 Å². The van der Waals surface area contributed by atoms with E-state index in [1.54, 1.807) is 6.26 Å². The molecular weight excluding hydrogens is 500 g/mol.